The Morgan fingerprint density at radius 3 is 1.78 bits per heavy atom. The Bertz CT molecular complexity index is 503. The van der Waals surface area contributed by atoms with Gasteiger partial charge < -0.3 is 10.6 Å². The van der Waals surface area contributed by atoms with Crippen molar-refractivity contribution in [2.45, 2.75) is 6.04 Å². The summed E-state index contributed by atoms with van der Waals surface area (Å²) in [5.41, 5.74) is 9.22. The summed E-state index contributed by atoms with van der Waals surface area (Å²) in [5.74, 6) is -0.242. The third-order valence-corrected chi connectivity index (χ3v) is 3.00. The summed E-state index contributed by atoms with van der Waals surface area (Å²) >= 11 is 0. The van der Waals surface area contributed by atoms with E-state index in [0.717, 1.165) is 16.8 Å². The van der Waals surface area contributed by atoms with Crippen molar-refractivity contribution in [3.63, 3.8) is 0 Å². The molecule has 2 nitrogen and oxygen atoms in total. The first-order chi connectivity index (χ1) is 8.58. The monoisotopic (exact) mass is 244 g/mol. The Morgan fingerprint density at radius 2 is 1.33 bits per heavy atom. The maximum absolute atomic E-state index is 12.8. The summed E-state index contributed by atoms with van der Waals surface area (Å²) in [6.07, 6.45) is 0. The van der Waals surface area contributed by atoms with Gasteiger partial charge in [-0.2, -0.15) is 0 Å². The molecule has 18 heavy (non-hydrogen) atoms. The van der Waals surface area contributed by atoms with E-state index >= 15 is 0 Å². The van der Waals surface area contributed by atoms with E-state index in [9.17, 15) is 4.39 Å². The minimum Gasteiger partial charge on any atom is -0.378 e. The highest BCUT2D eigenvalue weighted by Crippen LogP contribution is 2.22. The van der Waals surface area contributed by atoms with Gasteiger partial charge in [0.25, 0.3) is 0 Å². The molecule has 1 atom stereocenters. The van der Waals surface area contributed by atoms with Crippen LogP contribution in [-0.2, 0) is 0 Å². The first kappa shape index (κ1) is 12.6. The van der Waals surface area contributed by atoms with Crippen LogP contribution in [0.4, 0.5) is 10.1 Å². The number of nitrogens with two attached hydrogens (primary N) is 1. The van der Waals surface area contributed by atoms with Crippen LogP contribution in [0.1, 0.15) is 17.2 Å². The van der Waals surface area contributed by atoms with E-state index in [1.54, 1.807) is 12.1 Å². The van der Waals surface area contributed by atoms with E-state index in [0.29, 0.717) is 0 Å². The van der Waals surface area contributed by atoms with E-state index in [1.165, 1.54) is 12.1 Å². The zero-order valence-corrected chi connectivity index (χ0v) is 10.6. The van der Waals surface area contributed by atoms with Crippen molar-refractivity contribution in [1.82, 2.24) is 0 Å². The second-order valence-corrected chi connectivity index (χ2v) is 4.52. The quantitative estimate of drug-likeness (QED) is 0.899. The van der Waals surface area contributed by atoms with Crippen molar-refractivity contribution in [2.24, 2.45) is 5.73 Å². The van der Waals surface area contributed by atoms with Crippen molar-refractivity contribution >= 4 is 5.69 Å². The SMILES string of the molecule is CN(C)c1ccc(C(N)c2ccc(F)cc2)cc1. The number of halogens is 1. The van der Waals surface area contributed by atoms with Crippen LogP contribution >= 0.6 is 0 Å². The fourth-order valence-corrected chi connectivity index (χ4v) is 1.84. The third kappa shape index (κ3) is 2.68. The molecule has 3 heteroatoms. The van der Waals surface area contributed by atoms with E-state index in [2.05, 4.69) is 0 Å². The average molecular weight is 244 g/mol. The second kappa shape index (κ2) is 5.19. The van der Waals surface area contributed by atoms with Crippen LogP contribution in [0, 0.1) is 5.82 Å². The summed E-state index contributed by atoms with van der Waals surface area (Å²) in [6, 6.07) is 14.2. The highest BCUT2D eigenvalue weighted by atomic mass is 19.1. The summed E-state index contributed by atoms with van der Waals surface area (Å²) in [7, 11) is 3.99. The minimum absolute atomic E-state index is 0.221. The van der Waals surface area contributed by atoms with Crippen molar-refractivity contribution in [1.29, 1.82) is 0 Å². The van der Waals surface area contributed by atoms with Crippen LogP contribution in [0.3, 0.4) is 0 Å². The minimum atomic E-state index is -0.242. The average Bonchev–Trinajstić information content (AvgIpc) is 2.39. The van der Waals surface area contributed by atoms with Crippen LogP contribution in [0.25, 0.3) is 0 Å². The van der Waals surface area contributed by atoms with Crippen molar-refractivity contribution in [3.8, 4) is 0 Å². The highest BCUT2D eigenvalue weighted by Gasteiger charge is 2.08. The van der Waals surface area contributed by atoms with Crippen LogP contribution in [0.5, 0.6) is 0 Å². The van der Waals surface area contributed by atoms with Crippen LogP contribution < -0.4 is 10.6 Å². The maximum atomic E-state index is 12.8. The number of benzene rings is 2. The molecule has 2 aromatic carbocycles. The molecular weight excluding hydrogens is 227 g/mol. The molecule has 0 saturated heterocycles. The lowest BCUT2D eigenvalue weighted by Crippen LogP contribution is -2.13. The van der Waals surface area contributed by atoms with Gasteiger partial charge in [0.15, 0.2) is 0 Å². The Kier molecular flexibility index (Phi) is 3.63. The van der Waals surface area contributed by atoms with Gasteiger partial charge in [-0.25, -0.2) is 4.39 Å². The van der Waals surface area contributed by atoms with Gasteiger partial charge in [0.2, 0.25) is 0 Å². The van der Waals surface area contributed by atoms with Gasteiger partial charge in [-0.3, -0.25) is 0 Å². The summed E-state index contributed by atoms with van der Waals surface area (Å²) in [5, 5.41) is 0. The van der Waals surface area contributed by atoms with E-state index in [-0.39, 0.29) is 11.9 Å². The molecule has 0 bridgehead atoms. The van der Waals surface area contributed by atoms with Gasteiger partial charge in [0.05, 0.1) is 6.04 Å². The molecule has 0 fully saturated rings. The van der Waals surface area contributed by atoms with Gasteiger partial charge >= 0.3 is 0 Å². The normalized spacial score (nSPS) is 12.2. The molecule has 0 heterocycles. The number of hydrogen-bond acceptors (Lipinski definition) is 2. The Labute approximate surface area is 107 Å². The smallest absolute Gasteiger partial charge is 0.123 e. The van der Waals surface area contributed by atoms with Gasteiger partial charge in [-0.15, -0.1) is 0 Å². The Balaban J connectivity index is 2.23. The molecule has 2 aromatic rings. The fourth-order valence-electron chi connectivity index (χ4n) is 1.84. The van der Waals surface area contributed by atoms with E-state index < -0.39 is 0 Å². The molecule has 0 radical (unpaired) electrons. The zero-order chi connectivity index (χ0) is 13.1. The number of anilines is 1. The molecule has 2 N–H and O–H groups in total. The predicted molar refractivity (Wildman–Crippen MR) is 73.2 cm³/mol. The molecule has 0 amide bonds. The molecule has 2 rings (SSSR count). The van der Waals surface area contributed by atoms with Crippen LogP contribution in [0.15, 0.2) is 48.5 Å². The Morgan fingerprint density at radius 1 is 0.889 bits per heavy atom. The lowest BCUT2D eigenvalue weighted by molar-refractivity contribution is 0.626. The first-order valence-corrected chi connectivity index (χ1v) is 5.86. The number of nitrogens with zero attached hydrogens (tertiary/aromatic N) is 1. The highest BCUT2D eigenvalue weighted by molar-refractivity contribution is 5.47. The molecule has 0 spiro atoms. The molecule has 0 saturated carbocycles. The predicted octanol–water partition coefficient (Wildman–Crippen LogP) is 2.94. The molecular formula is C15H17FN2. The van der Waals surface area contributed by atoms with Crippen LogP contribution in [-0.4, -0.2) is 14.1 Å². The molecule has 0 aliphatic rings. The fraction of sp³-hybridized carbons (Fsp3) is 0.200. The van der Waals surface area contributed by atoms with Crippen molar-refractivity contribution < 1.29 is 4.39 Å². The topological polar surface area (TPSA) is 29.3 Å². The lowest BCUT2D eigenvalue weighted by atomic mass is 9.99. The van der Waals surface area contributed by atoms with Gasteiger partial charge in [0.1, 0.15) is 5.82 Å². The van der Waals surface area contributed by atoms with E-state index in [1.807, 2.05) is 43.3 Å². The molecule has 1 unspecified atom stereocenters. The van der Waals surface area contributed by atoms with Gasteiger partial charge in [-0.05, 0) is 35.4 Å². The summed E-state index contributed by atoms with van der Waals surface area (Å²) in [6.45, 7) is 0. The standard InChI is InChI=1S/C15H17FN2/c1-18(2)14-9-5-12(6-10-14)15(17)11-3-7-13(16)8-4-11/h3-10,15H,17H2,1-2H3. The molecule has 0 aliphatic heterocycles. The number of rotatable bonds is 3. The third-order valence-electron chi connectivity index (χ3n) is 3.00. The second-order valence-electron chi connectivity index (χ2n) is 4.52. The largest absolute Gasteiger partial charge is 0.378 e. The first-order valence-electron chi connectivity index (χ1n) is 5.86. The van der Waals surface area contributed by atoms with Crippen LogP contribution in [0.2, 0.25) is 0 Å². The lowest BCUT2D eigenvalue weighted by Gasteiger charge is -2.16. The molecule has 94 valence electrons. The zero-order valence-electron chi connectivity index (χ0n) is 10.6. The number of hydrogen-bond donors (Lipinski definition) is 1. The molecule has 0 aromatic heterocycles. The summed E-state index contributed by atoms with van der Waals surface area (Å²) in [4.78, 5) is 2.03. The van der Waals surface area contributed by atoms with Crippen molar-refractivity contribution in [2.75, 3.05) is 19.0 Å². The Hall–Kier alpha value is -1.87. The van der Waals surface area contributed by atoms with Gasteiger partial charge in [0, 0.05) is 19.8 Å². The van der Waals surface area contributed by atoms with E-state index in [4.69, 9.17) is 5.73 Å². The summed E-state index contributed by atoms with van der Waals surface area (Å²) < 4.78 is 12.8. The maximum Gasteiger partial charge on any atom is 0.123 e. The van der Waals surface area contributed by atoms with Crippen molar-refractivity contribution in [3.05, 3.63) is 65.5 Å². The molecule has 0 aliphatic carbocycles. The van der Waals surface area contributed by atoms with Gasteiger partial charge in [-0.1, -0.05) is 24.3 Å².